The van der Waals surface area contributed by atoms with Gasteiger partial charge in [0.25, 0.3) is 0 Å². The van der Waals surface area contributed by atoms with Gasteiger partial charge < -0.3 is 19.4 Å². The molecule has 6 heteroatoms. The third kappa shape index (κ3) is 4.95. The number of rotatable bonds is 9. The molecule has 1 saturated heterocycles. The number of aromatic amines is 1. The third-order valence-corrected chi connectivity index (χ3v) is 6.47. The summed E-state index contributed by atoms with van der Waals surface area (Å²) in [6.45, 7) is 8.28. The first-order valence-corrected chi connectivity index (χ1v) is 12.0. The van der Waals surface area contributed by atoms with Gasteiger partial charge >= 0.3 is 6.03 Å². The minimum absolute atomic E-state index is 0.0279. The molecule has 0 saturated carbocycles. The highest BCUT2D eigenvalue weighted by molar-refractivity contribution is 5.94. The molecule has 0 aliphatic carbocycles. The Morgan fingerprint density at radius 3 is 2.76 bits per heavy atom. The van der Waals surface area contributed by atoms with E-state index in [0.29, 0.717) is 31.2 Å². The average molecular weight is 450 g/mol. The van der Waals surface area contributed by atoms with E-state index in [9.17, 15) is 4.79 Å². The Morgan fingerprint density at radius 1 is 1.12 bits per heavy atom. The molecule has 1 aromatic heterocycles. The molecule has 33 heavy (non-hydrogen) atoms. The van der Waals surface area contributed by atoms with Gasteiger partial charge in [0.1, 0.15) is 0 Å². The zero-order valence-electron chi connectivity index (χ0n) is 20.2. The number of nitrogens with zero attached hydrogens (tertiary/aromatic N) is 2. The lowest BCUT2D eigenvalue weighted by Gasteiger charge is -2.40. The number of fused-ring (bicyclic) bond motifs is 1. The molecule has 0 unspecified atom stereocenters. The molecule has 2 aromatic carbocycles. The van der Waals surface area contributed by atoms with Crippen LogP contribution >= 0.6 is 0 Å². The van der Waals surface area contributed by atoms with Gasteiger partial charge in [-0.1, -0.05) is 31.9 Å². The van der Waals surface area contributed by atoms with Gasteiger partial charge in [-0.05, 0) is 56.5 Å². The Morgan fingerprint density at radius 2 is 1.97 bits per heavy atom. The van der Waals surface area contributed by atoms with Crippen LogP contribution in [0.25, 0.3) is 10.9 Å². The van der Waals surface area contributed by atoms with Crippen LogP contribution < -0.4 is 14.4 Å². The molecule has 0 radical (unpaired) electrons. The molecule has 3 aromatic rings. The predicted molar refractivity (Wildman–Crippen MR) is 133 cm³/mol. The Balaban J connectivity index is 1.56. The van der Waals surface area contributed by atoms with E-state index in [1.54, 1.807) is 7.11 Å². The zero-order chi connectivity index (χ0) is 23.4. The molecule has 4 rings (SSSR count). The van der Waals surface area contributed by atoms with E-state index < -0.39 is 0 Å². The van der Waals surface area contributed by atoms with Crippen molar-refractivity contribution in [2.75, 3.05) is 25.2 Å². The highest BCUT2D eigenvalue weighted by atomic mass is 16.5. The zero-order valence-corrected chi connectivity index (χ0v) is 20.2. The lowest BCUT2D eigenvalue weighted by molar-refractivity contribution is 0.166. The van der Waals surface area contributed by atoms with E-state index in [-0.39, 0.29) is 12.1 Å². The Kier molecular flexibility index (Phi) is 7.11. The number of methoxy groups -OCH3 is 1. The van der Waals surface area contributed by atoms with Crippen molar-refractivity contribution < 1.29 is 14.3 Å². The lowest BCUT2D eigenvalue weighted by Crippen LogP contribution is -2.53. The Bertz CT molecular complexity index is 1110. The number of urea groups is 1. The van der Waals surface area contributed by atoms with Gasteiger partial charge in [-0.2, -0.15) is 0 Å². The molecule has 0 bridgehead atoms. The minimum atomic E-state index is 0.0279. The number of amides is 2. The standard InChI is InChI=1S/C27H35N3O3/c1-5-6-7-15-33-26-17-22(11-12-25(26)32-4)29-14-13-20(3)30(27(29)31)18-21-9-8-10-24-23(21)16-19(2)28-24/h8-12,16-17,20,28H,5-7,13-15,18H2,1-4H3/t20-/m0/s1. The maximum absolute atomic E-state index is 13.6. The molecule has 176 valence electrons. The molecular formula is C27H35N3O3. The van der Waals surface area contributed by atoms with E-state index in [4.69, 9.17) is 9.47 Å². The maximum Gasteiger partial charge on any atom is 0.325 e. The number of carbonyl (C=O) groups excluding carboxylic acids is 1. The summed E-state index contributed by atoms with van der Waals surface area (Å²) in [4.78, 5) is 20.9. The van der Waals surface area contributed by atoms with Crippen molar-refractivity contribution in [1.29, 1.82) is 0 Å². The number of nitrogens with one attached hydrogen (secondary N) is 1. The van der Waals surface area contributed by atoms with Crippen LogP contribution in [0.5, 0.6) is 11.5 Å². The minimum Gasteiger partial charge on any atom is -0.493 e. The van der Waals surface area contributed by atoms with E-state index in [1.807, 2.05) is 28.0 Å². The fraction of sp³-hybridized carbons (Fsp3) is 0.444. The molecule has 1 atom stereocenters. The second-order valence-electron chi connectivity index (χ2n) is 8.92. The number of hydrogen-bond donors (Lipinski definition) is 1. The Hall–Kier alpha value is -3.15. The fourth-order valence-electron chi connectivity index (χ4n) is 4.53. The summed E-state index contributed by atoms with van der Waals surface area (Å²) in [5.74, 6) is 1.39. The monoisotopic (exact) mass is 449 g/mol. The fourth-order valence-corrected chi connectivity index (χ4v) is 4.53. The smallest absolute Gasteiger partial charge is 0.325 e. The number of hydrogen-bond acceptors (Lipinski definition) is 3. The average Bonchev–Trinajstić information content (AvgIpc) is 3.20. The molecule has 1 aliphatic heterocycles. The molecule has 1 aliphatic rings. The summed E-state index contributed by atoms with van der Waals surface area (Å²) >= 11 is 0. The summed E-state index contributed by atoms with van der Waals surface area (Å²) in [6, 6.07) is 14.4. The van der Waals surface area contributed by atoms with Crippen molar-refractivity contribution in [3.05, 3.63) is 53.7 Å². The van der Waals surface area contributed by atoms with Crippen LogP contribution in [0.3, 0.4) is 0 Å². The number of H-pyrrole nitrogens is 1. The number of aromatic nitrogens is 1. The SMILES string of the molecule is CCCCCOc1cc(N2CC[C@H](C)N(Cc3cccc4[nH]c(C)cc34)C2=O)ccc1OC. The summed E-state index contributed by atoms with van der Waals surface area (Å²) in [7, 11) is 1.65. The van der Waals surface area contributed by atoms with Crippen LogP contribution in [0, 0.1) is 6.92 Å². The van der Waals surface area contributed by atoms with E-state index in [2.05, 4.69) is 50.0 Å². The second kappa shape index (κ2) is 10.2. The Labute approximate surface area is 196 Å². The molecule has 0 spiro atoms. The van der Waals surface area contributed by atoms with Gasteiger partial charge in [0.05, 0.1) is 13.7 Å². The van der Waals surface area contributed by atoms with Crippen molar-refractivity contribution in [1.82, 2.24) is 9.88 Å². The van der Waals surface area contributed by atoms with Crippen LogP contribution in [0.4, 0.5) is 10.5 Å². The first-order chi connectivity index (χ1) is 16.0. The van der Waals surface area contributed by atoms with Crippen molar-refractivity contribution in [2.24, 2.45) is 0 Å². The van der Waals surface area contributed by atoms with Gasteiger partial charge in [0.15, 0.2) is 11.5 Å². The van der Waals surface area contributed by atoms with Crippen molar-refractivity contribution in [3.8, 4) is 11.5 Å². The number of carbonyl (C=O) groups is 1. The summed E-state index contributed by atoms with van der Waals surface area (Å²) in [6.07, 6.45) is 4.19. The van der Waals surface area contributed by atoms with Crippen LogP contribution in [0.15, 0.2) is 42.5 Å². The largest absolute Gasteiger partial charge is 0.493 e. The highest BCUT2D eigenvalue weighted by Crippen LogP contribution is 2.34. The maximum atomic E-state index is 13.6. The number of benzene rings is 2. The van der Waals surface area contributed by atoms with Crippen molar-refractivity contribution >= 4 is 22.6 Å². The van der Waals surface area contributed by atoms with Crippen LogP contribution in [0.2, 0.25) is 0 Å². The third-order valence-electron chi connectivity index (χ3n) is 6.47. The number of anilines is 1. The van der Waals surface area contributed by atoms with Gasteiger partial charge in [-0.25, -0.2) is 4.79 Å². The molecular weight excluding hydrogens is 414 g/mol. The molecule has 1 fully saturated rings. The number of aryl methyl sites for hydroxylation is 1. The van der Waals surface area contributed by atoms with Crippen LogP contribution in [0.1, 0.15) is 50.8 Å². The predicted octanol–water partition coefficient (Wildman–Crippen LogP) is 6.27. The molecule has 2 amide bonds. The number of ether oxygens (including phenoxy) is 2. The van der Waals surface area contributed by atoms with E-state index in [0.717, 1.165) is 48.1 Å². The first kappa shape index (κ1) is 23.0. The van der Waals surface area contributed by atoms with E-state index >= 15 is 0 Å². The lowest BCUT2D eigenvalue weighted by atomic mass is 10.1. The first-order valence-electron chi connectivity index (χ1n) is 12.0. The molecule has 2 heterocycles. The topological polar surface area (TPSA) is 57.8 Å². The second-order valence-corrected chi connectivity index (χ2v) is 8.92. The molecule has 6 nitrogen and oxygen atoms in total. The van der Waals surface area contributed by atoms with Crippen molar-refractivity contribution in [3.63, 3.8) is 0 Å². The van der Waals surface area contributed by atoms with Crippen LogP contribution in [-0.2, 0) is 6.54 Å². The summed E-state index contributed by atoms with van der Waals surface area (Å²) < 4.78 is 11.5. The van der Waals surface area contributed by atoms with Crippen LogP contribution in [-0.4, -0.2) is 42.2 Å². The van der Waals surface area contributed by atoms with E-state index in [1.165, 1.54) is 5.39 Å². The summed E-state index contributed by atoms with van der Waals surface area (Å²) in [5, 5.41) is 1.18. The van der Waals surface area contributed by atoms with Gasteiger partial charge in [0, 0.05) is 47.5 Å². The normalized spacial score (nSPS) is 16.5. The quantitative estimate of drug-likeness (QED) is 0.391. The van der Waals surface area contributed by atoms with Gasteiger partial charge in [-0.3, -0.25) is 4.90 Å². The molecule has 1 N–H and O–H groups in total. The summed E-state index contributed by atoms with van der Waals surface area (Å²) in [5.41, 5.74) is 4.24. The van der Waals surface area contributed by atoms with Crippen molar-refractivity contribution in [2.45, 2.75) is 59.0 Å². The number of unbranched alkanes of at least 4 members (excludes halogenated alkanes) is 2. The van der Waals surface area contributed by atoms with Gasteiger partial charge in [-0.15, -0.1) is 0 Å². The van der Waals surface area contributed by atoms with Gasteiger partial charge in [0.2, 0.25) is 0 Å². The highest BCUT2D eigenvalue weighted by Gasteiger charge is 2.32.